The zero-order valence-electron chi connectivity index (χ0n) is 8.46. The third-order valence-electron chi connectivity index (χ3n) is 2.62. The van der Waals surface area contributed by atoms with Gasteiger partial charge in [-0.1, -0.05) is 19.1 Å². The molecule has 0 aliphatic heterocycles. The molecule has 1 aliphatic rings. The van der Waals surface area contributed by atoms with Crippen LogP contribution in [0.3, 0.4) is 0 Å². The van der Waals surface area contributed by atoms with E-state index in [1.54, 1.807) is 0 Å². The van der Waals surface area contributed by atoms with Crippen molar-refractivity contribution in [2.45, 2.75) is 27.2 Å². The Balaban J connectivity index is 2.56. The highest BCUT2D eigenvalue weighted by molar-refractivity contribution is 5.58. The van der Waals surface area contributed by atoms with Crippen molar-refractivity contribution in [2.24, 2.45) is 5.92 Å². The van der Waals surface area contributed by atoms with E-state index in [4.69, 9.17) is 0 Å². The summed E-state index contributed by atoms with van der Waals surface area (Å²) < 4.78 is 0. The number of aromatic nitrogens is 1. The lowest BCUT2D eigenvalue weighted by Gasteiger charge is -2.17. The Bertz CT molecular complexity index is 364. The molecule has 1 atom stereocenters. The van der Waals surface area contributed by atoms with Gasteiger partial charge >= 0.3 is 0 Å². The lowest BCUT2D eigenvalue weighted by Crippen LogP contribution is -2.07. The van der Waals surface area contributed by atoms with Gasteiger partial charge in [0.2, 0.25) is 0 Å². The quantitative estimate of drug-likeness (QED) is 0.588. The van der Waals surface area contributed by atoms with Crippen LogP contribution in [0.15, 0.2) is 12.1 Å². The van der Waals surface area contributed by atoms with Crippen LogP contribution in [0.5, 0.6) is 0 Å². The van der Waals surface area contributed by atoms with Gasteiger partial charge in [0.1, 0.15) is 0 Å². The van der Waals surface area contributed by atoms with Gasteiger partial charge in [0, 0.05) is 11.4 Å². The second kappa shape index (κ2) is 2.99. The standard InChI is InChI=1S/C12H15N/c1-8-4-5-11-7-9(2)13-10(3)12(11)6-8/h4-5,7-8H,6H2,1-3H3. The minimum absolute atomic E-state index is 0.663. The second-order valence-corrected chi connectivity index (χ2v) is 3.96. The molecule has 1 aliphatic carbocycles. The molecule has 0 radical (unpaired) electrons. The summed E-state index contributed by atoms with van der Waals surface area (Å²) in [6, 6.07) is 2.17. The number of aryl methyl sites for hydroxylation is 2. The number of rotatable bonds is 0. The van der Waals surface area contributed by atoms with Crippen molar-refractivity contribution in [1.29, 1.82) is 0 Å². The molecule has 0 aromatic carbocycles. The summed E-state index contributed by atoms with van der Waals surface area (Å²) in [4.78, 5) is 4.49. The highest BCUT2D eigenvalue weighted by atomic mass is 14.7. The van der Waals surface area contributed by atoms with Crippen LogP contribution in [0.25, 0.3) is 6.08 Å². The monoisotopic (exact) mass is 173 g/mol. The molecule has 0 bridgehead atoms. The molecule has 13 heavy (non-hydrogen) atoms. The lowest BCUT2D eigenvalue weighted by atomic mass is 9.90. The Morgan fingerprint density at radius 2 is 2.15 bits per heavy atom. The minimum atomic E-state index is 0.663. The van der Waals surface area contributed by atoms with Crippen LogP contribution in [0, 0.1) is 19.8 Å². The number of hydrogen-bond donors (Lipinski definition) is 0. The van der Waals surface area contributed by atoms with E-state index in [1.807, 2.05) is 0 Å². The van der Waals surface area contributed by atoms with Crippen molar-refractivity contribution < 1.29 is 0 Å². The highest BCUT2D eigenvalue weighted by Gasteiger charge is 2.12. The molecule has 0 N–H and O–H groups in total. The van der Waals surface area contributed by atoms with Gasteiger partial charge in [-0.25, -0.2) is 0 Å². The molecule has 1 aromatic rings. The molecule has 1 heteroatoms. The van der Waals surface area contributed by atoms with Gasteiger partial charge in [0.25, 0.3) is 0 Å². The first kappa shape index (κ1) is 8.49. The van der Waals surface area contributed by atoms with Crippen LogP contribution in [0.4, 0.5) is 0 Å². The molecule has 1 nitrogen and oxygen atoms in total. The van der Waals surface area contributed by atoms with Crippen LogP contribution in [-0.2, 0) is 6.42 Å². The third kappa shape index (κ3) is 1.51. The largest absolute Gasteiger partial charge is 0.258 e. The maximum absolute atomic E-state index is 4.49. The van der Waals surface area contributed by atoms with E-state index < -0.39 is 0 Å². The van der Waals surface area contributed by atoms with E-state index >= 15 is 0 Å². The van der Waals surface area contributed by atoms with Gasteiger partial charge in [0.05, 0.1) is 0 Å². The summed E-state index contributed by atoms with van der Waals surface area (Å²) >= 11 is 0. The van der Waals surface area contributed by atoms with Crippen LogP contribution in [0.1, 0.15) is 29.4 Å². The fourth-order valence-corrected chi connectivity index (χ4v) is 1.96. The minimum Gasteiger partial charge on any atom is -0.258 e. The summed E-state index contributed by atoms with van der Waals surface area (Å²) in [7, 11) is 0. The fourth-order valence-electron chi connectivity index (χ4n) is 1.96. The molecule has 68 valence electrons. The molecule has 2 rings (SSSR count). The van der Waals surface area contributed by atoms with Crippen molar-refractivity contribution in [3.8, 4) is 0 Å². The number of nitrogens with zero attached hydrogens (tertiary/aromatic N) is 1. The topological polar surface area (TPSA) is 12.9 Å². The maximum atomic E-state index is 4.49. The third-order valence-corrected chi connectivity index (χ3v) is 2.62. The van der Waals surface area contributed by atoms with Crippen LogP contribution in [0.2, 0.25) is 0 Å². The van der Waals surface area contributed by atoms with Gasteiger partial charge in [-0.2, -0.15) is 0 Å². The average molecular weight is 173 g/mol. The zero-order valence-corrected chi connectivity index (χ0v) is 8.46. The van der Waals surface area contributed by atoms with Crippen LogP contribution >= 0.6 is 0 Å². The van der Waals surface area contributed by atoms with Gasteiger partial charge in [0.15, 0.2) is 0 Å². The summed E-state index contributed by atoms with van der Waals surface area (Å²) in [5.41, 5.74) is 5.12. The Labute approximate surface area is 79.5 Å². The van der Waals surface area contributed by atoms with E-state index in [1.165, 1.54) is 16.8 Å². The van der Waals surface area contributed by atoms with Gasteiger partial charge < -0.3 is 0 Å². The van der Waals surface area contributed by atoms with Crippen LogP contribution < -0.4 is 0 Å². The van der Waals surface area contributed by atoms with Gasteiger partial charge in [-0.05, 0) is 43.4 Å². The van der Waals surface area contributed by atoms with Gasteiger partial charge in [-0.15, -0.1) is 0 Å². The number of allylic oxidation sites excluding steroid dienone is 1. The van der Waals surface area contributed by atoms with Crippen molar-refractivity contribution in [1.82, 2.24) is 4.98 Å². The first-order valence-corrected chi connectivity index (χ1v) is 4.82. The number of hydrogen-bond acceptors (Lipinski definition) is 1. The van der Waals surface area contributed by atoms with Crippen molar-refractivity contribution in [3.05, 3.63) is 34.7 Å². The highest BCUT2D eigenvalue weighted by Crippen LogP contribution is 2.24. The molecule has 1 heterocycles. The molecule has 0 saturated heterocycles. The van der Waals surface area contributed by atoms with Crippen molar-refractivity contribution in [3.63, 3.8) is 0 Å². The predicted octanol–water partition coefficient (Wildman–Crippen LogP) is 2.90. The molecule has 0 fully saturated rings. The second-order valence-electron chi connectivity index (χ2n) is 3.96. The maximum Gasteiger partial charge on any atom is 0.0413 e. The first-order valence-electron chi connectivity index (χ1n) is 4.82. The Morgan fingerprint density at radius 1 is 1.38 bits per heavy atom. The zero-order chi connectivity index (χ0) is 9.42. The van der Waals surface area contributed by atoms with E-state index in [2.05, 4.69) is 44.0 Å². The molecule has 1 aromatic heterocycles. The van der Waals surface area contributed by atoms with Crippen molar-refractivity contribution in [2.75, 3.05) is 0 Å². The summed E-state index contributed by atoms with van der Waals surface area (Å²) in [6.07, 6.45) is 5.65. The Kier molecular flexibility index (Phi) is 1.95. The van der Waals surface area contributed by atoms with Crippen molar-refractivity contribution >= 4 is 6.08 Å². The predicted molar refractivity (Wildman–Crippen MR) is 55.6 cm³/mol. The summed E-state index contributed by atoms with van der Waals surface area (Å²) in [6.45, 7) is 6.41. The molecule has 0 saturated carbocycles. The van der Waals surface area contributed by atoms with E-state index in [0.29, 0.717) is 5.92 Å². The molecular formula is C12H15N. The number of fused-ring (bicyclic) bond motifs is 1. The molecule has 0 spiro atoms. The van der Waals surface area contributed by atoms with Gasteiger partial charge in [-0.3, -0.25) is 4.98 Å². The normalized spacial score (nSPS) is 20.1. The van der Waals surface area contributed by atoms with E-state index in [-0.39, 0.29) is 0 Å². The number of pyridine rings is 1. The lowest BCUT2D eigenvalue weighted by molar-refractivity contribution is 0.708. The summed E-state index contributed by atoms with van der Waals surface area (Å²) in [5, 5.41) is 0. The van der Waals surface area contributed by atoms with Crippen LogP contribution in [-0.4, -0.2) is 4.98 Å². The SMILES string of the molecule is Cc1cc2c(c(C)n1)CC(C)C=C2. The Hall–Kier alpha value is -1.11. The van der Waals surface area contributed by atoms with E-state index in [9.17, 15) is 0 Å². The molecule has 1 unspecified atom stereocenters. The fraction of sp³-hybridized carbons (Fsp3) is 0.417. The average Bonchev–Trinajstić information content (AvgIpc) is 2.06. The first-order chi connectivity index (χ1) is 6.16. The Morgan fingerprint density at radius 3 is 2.92 bits per heavy atom. The summed E-state index contributed by atoms with van der Waals surface area (Å²) in [5.74, 6) is 0.663. The molecular weight excluding hydrogens is 158 g/mol. The van der Waals surface area contributed by atoms with E-state index in [0.717, 1.165) is 12.1 Å². The molecule has 0 amide bonds. The smallest absolute Gasteiger partial charge is 0.0413 e.